The number of hydrogen-bond acceptors (Lipinski definition) is 2. The van der Waals surface area contributed by atoms with Crippen LogP contribution in [0.4, 0.5) is 11.4 Å². The number of carbonyl (C=O) groups is 2. The molecule has 0 atom stereocenters. The van der Waals surface area contributed by atoms with E-state index in [1.54, 1.807) is 0 Å². The van der Waals surface area contributed by atoms with Crippen molar-refractivity contribution in [3.63, 3.8) is 0 Å². The highest BCUT2D eigenvalue weighted by Crippen LogP contribution is 2.38. The Bertz CT molecular complexity index is 843. The van der Waals surface area contributed by atoms with Crippen molar-refractivity contribution in [3.8, 4) is 0 Å². The maximum absolute atomic E-state index is 12.4. The van der Waals surface area contributed by atoms with E-state index in [9.17, 15) is 9.59 Å². The summed E-state index contributed by atoms with van der Waals surface area (Å²) in [5.74, 6) is -0.154. The Morgan fingerprint density at radius 2 is 1.96 bits per heavy atom. The number of anilines is 2. The van der Waals surface area contributed by atoms with Crippen LogP contribution in [0.5, 0.6) is 0 Å². The first-order valence-corrected chi connectivity index (χ1v) is 8.86. The summed E-state index contributed by atoms with van der Waals surface area (Å²) in [7, 11) is 0. The number of amides is 2. The topological polar surface area (TPSA) is 58.2 Å². The van der Waals surface area contributed by atoms with Gasteiger partial charge in [0.25, 0.3) is 5.91 Å². The highest BCUT2D eigenvalue weighted by atomic mass is 127. The van der Waals surface area contributed by atoms with E-state index in [2.05, 4.69) is 47.1 Å². The van der Waals surface area contributed by atoms with Gasteiger partial charge in [0.2, 0.25) is 5.91 Å². The smallest absolute Gasteiger partial charge is 0.255 e. The Morgan fingerprint density at radius 3 is 2.67 bits per heavy atom. The number of hydrogen-bond donors (Lipinski definition) is 2. The van der Waals surface area contributed by atoms with E-state index in [0.29, 0.717) is 17.7 Å². The number of fused-ring (bicyclic) bond motifs is 1. The van der Waals surface area contributed by atoms with Crippen molar-refractivity contribution in [2.75, 3.05) is 10.6 Å². The summed E-state index contributed by atoms with van der Waals surface area (Å²) in [4.78, 5) is 24.3. The van der Waals surface area contributed by atoms with Gasteiger partial charge in [-0.1, -0.05) is 26.0 Å². The van der Waals surface area contributed by atoms with Gasteiger partial charge in [0.05, 0.1) is 0 Å². The van der Waals surface area contributed by atoms with Crippen LogP contribution < -0.4 is 10.6 Å². The number of benzene rings is 2. The zero-order chi connectivity index (χ0) is 17.5. The minimum absolute atomic E-state index is 0.00376. The van der Waals surface area contributed by atoms with Gasteiger partial charge in [0.1, 0.15) is 0 Å². The summed E-state index contributed by atoms with van der Waals surface area (Å²) in [5.41, 5.74) is 4.09. The van der Waals surface area contributed by atoms with Crippen LogP contribution in [0.25, 0.3) is 0 Å². The molecule has 0 unspecified atom stereocenters. The van der Waals surface area contributed by atoms with Gasteiger partial charge in [-0.25, -0.2) is 0 Å². The second kappa shape index (κ2) is 6.20. The van der Waals surface area contributed by atoms with E-state index in [4.69, 9.17) is 0 Å². The maximum atomic E-state index is 12.4. The predicted octanol–water partition coefficient (Wildman–Crippen LogP) is 4.47. The molecule has 5 heteroatoms. The Hall–Kier alpha value is -1.89. The van der Waals surface area contributed by atoms with Crippen LogP contribution in [-0.2, 0) is 10.2 Å². The molecule has 1 heterocycles. The molecule has 0 saturated carbocycles. The van der Waals surface area contributed by atoms with Crippen LogP contribution in [-0.4, -0.2) is 11.8 Å². The van der Waals surface area contributed by atoms with Gasteiger partial charge in [-0.2, -0.15) is 0 Å². The van der Waals surface area contributed by atoms with Gasteiger partial charge in [-0.05, 0) is 64.9 Å². The van der Waals surface area contributed by atoms with Crippen LogP contribution in [0.2, 0.25) is 0 Å². The number of nitrogens with one attached hydrogen (secondary N) is 2. The zero-order valence-corrected chi connectivity index (χ0v) is 16.0. The summed E-state index contributed by atoms with van der Waals surface area (Å²) in [6, 6.07) is 11.3. The third-order valence-electron chi connectivity index (χ3n) is 4.32. The molecule has 0 fully saturated rings. The van der Waals surface area contributed by atoms with Gasteiger partial charge in [0, 0.05) is 32.3 Å². The van der Waals surface area contributed by atoms with Crippen LogP contribution in [0.15, 0.2) is 36.4 Å². The molecule has 2 aromatic carbocycles. The van der Waals surface area contributed by atoms with Gasteiger partial charge in [0.15, 0.2) is 0 Å². The summed E-state index contributed by atoms with van der Waals surface area (Å²) in [5, 5.41) is 5.80. The van der Waals surface area contributed by atoms with Gasteiger partial charge < -0.3 is 10.6 Å². The Kier molecular flexibility index (Phi) is 4.38. The van der Waals surface area contributed by atoms with Crippen molar-refractivity contribution in [3.05, 3.63) is 56.7 Å². The fourth-order valence-electron chi connectivity index (χ4n) is 2.94. The molecule has 2 N–H and O–H groups in total. The highest BCUT2D eigenvalue weighted by Gasteiger charge is 2.31. The molecule has 124 valence electrons. The van der Waals surface area contributed by atoms with Crippen LogP contribution in [0, 0.1) is 10.5 Å². The molecular formula is C19H19IN2O2. The SMILES string of the molecule is Cc1ccc(C(=O)Nc2ccc3c(c2)NC(=O)CC3(C)C)cc1I. The monoisotopic (exact) mass is 434 g/mol. The number of halogens is 1. The lowest BCUT2D eigenvalue weighted by Crippen LogP contribution is -2.32. The fourth-order valence-corrected chi connectivity index (χ4v) is 3.46. The van der Waals surface area contributed by atoms with Crippen molar-refractivity contribution >= 4 is 45.8 Å². The lowest BCUT2D eigenvalue weighted by atomic mass is 9.78. The molecule has 0 radical (unpaired) electrons. The Balaban J connectivity index is 1.86. The highest BCUT2D eigenvalue weighted by molar-refractivity contribution is 14.1. The first kappa shape index (κ1) is 17.0. The van der Waals surface area contributed by atoms with Crippen molar-refractivity contribution in [2.24, 2.45) is 0 Å². The normalized spacial score (nSPS) is 15.4. The average Bonchev–Trinajstić information content (AvgIpc) is 2.48. The lowest BCUT2D eigenvalue weighted by molar-refractivity contribution is -0.117. The van der Waals surface area contributed by atoms with E-state index in [0.717, 1.165) is 20.4 Å². The second-order valence-electron chi connectivity index (χ2n) is 6.79. The molecule has 24 heavy (non-hydrogen) atoms. The Labute approximate surface area is 155 Å². The minimum Gasteiger partial charge on any atom is -0.326 e. The summed E-state index contributed by atoms with van der Waals surface area (Å²) >= 11 is 2.22. The molecule has 2 amide bonds. The van der Waals surface area contributed by atoms with Crippen molar-refractivity contribution in [1.82, 2.24) is 0 Å². The van der Waals surface area contributed by atoms with E-state index in [-0.39, 0.29) is 17.2 Å². The molecule has 4 nitrogen and oxygen atoms in total. The molecule has 0 bridgehead atoms. The van der Waals surface area contributed by atoms with Crippen LogP contribution in [0.3, 0.4) is 0 Å². The summed E-state index contributed by atoms with van der Waals surface area (Å²) in [6.07, 6.45) is 0.466. The van der Waals surface area contributed by atoms with Crippen molar-refractivity contribution in [1.29, 1.82) is 0 Å². The van der Waals surface area contributed by atoms with Crippen LogP contribution in [0.1, 0.15) is 41.8 Å². The van der Waals surface area contributed by atoms with Gasteiger partial charge >= 0.3 is 0 Å². The first-order chi connectivity index (χ1) is 11.3. The van der Waals surface area contributed by atoms with E-state index in [1.807, 2.05) is 43.3 Å². The van der Waals surface area contributed by atoms with Gasteiger partial charge in [-0.3, -0.25) is 9.59 Å². The predicted molar refractivity (Wildman–Crippen MR) is 105 cm³/mol. The minimum atomic E-state index is -0.201. The largest absolute Gasteiger partial charge is 0.326 e. The summed E-state index contributed by atoms with van der Waals surface area (Å²) < 4.78 is 1.06. The molecule has 0 aromatic heterocycles. The molecule has 1 aliphatic rings. The van der Waals surface area contributed by atoms with Crippen molar-refractivity contribution in [2.45, 2.75) is 32.6 Å². The zero-order valence-electron chi connectivity index (χ0n) is 13.9. The maximum Gasteiger partial charge on any atom is 0.255 e. The molecule has 1 aliphatic heterocycles. The molecule has 0 saturated heterocycles. The Morgan fingerprint density at radius 1 is 1.21 bits per heavy atom. The third kappa shape index (κ3) is 3.31. The molecule has 2 aromatic rings. The fraction of sp³-hybridized carbons (Fsp3) is 0.263. The lowest BCUT2D eigenvalue weighted by Gasteiger charge is -2.32. The molecule has 3 rings (SSSR count). The van der Waals surface area contributed by atoms with E-state index in [1.165, 1.54) is 0 Å². The second-order valence-corrected chi connectivity index (χ2v) is 7.95. The first-order valence-electron chi connectivity index (χ1n) is 7.78. The number of rotatable bonds is 2. The number of carbonyl (C=O) groups excluding carboxylic acids is 2. The van der Waals surface area contributed by atoms with E-state index >= 15 is 0 Å². The average molecular weight is 434 g/mol. The van der Waals surface area contributed by atoms with E-state index < -0.39 is 0 Å². The molecule has 0 aliphatic carbocycles. The number of aryl methyl sites for hydroxylation is 1. The molecular weight excluding hydrogens is 415 g/mol. The summed E-state index contributed by atoms with van der Waals surface area (Å²) in [6.45, 7) is 6.12. The van der Waals surface area contributed by atoms with Crippen LogP contribution >= 0.6 is 22.6 Å². The van der Waals surface area contributed by atoms with Crippen molar-refractivity contribution < 1.29 is 9.59 Å². The van der Waals surface area contributed by atoms with Gasteiger partial charge in [-0.15, -0.1) is 0 Å². The molecule has 0 spiro atoms. The third-order valence-corrected chi connectivity index (χ3v) is 5.48. The standard InChI is InChI=1S/C19H19IN2O2/c1-11-4-5-12(8-15(11)20)18(24)21-13-6-7-14-16(9-13)22-17(23)10-19(14,2)3/h4-9H,10H2,1-3H3,(H,21,24)(H,22,23). The quantitative estimate of drug-likeness (QED) is 0.686.